The van der Waals surface area contributed by atoms with Gasteiger partial charge in [-0.3, -0.25) is 10.00 Å². The number of piperidine rings is 1. The minimum atomic E-state index is -3.12. The number of nitrogens with zero attached hydrogens (tertiary/aromatic N) is 2. The van der Waals surface area contributed by atoms with Crippen LogP contribution in [0.3, 0.4) is 0 Å². The van der Waals surface area contributed by atoms with E-state index in [1.54, 1.807) is 18.3 Å². The molecule has 1 aliphatic heterocycles. The molecule has 0 aliphatic carbocycles. The number of hydrogen-bond donors (Lipinski definition) is 1. The molecule has 1 fully saturated rings. The summed E-state index contributed by atoms with van der Waals surface area (Å²) in [6.07, 6.45) is 5.40. The van der Waals surface area contributed by atoms with E-state index in [0.717, 1.165) is 25.2 Å². The summed E-state index contributed by atoms with van der Waals surface area (Å²) in [5.41, 5.74) is 2.36. The molecule has 0 radical (unpaired) electrons. The zero-order valence-corrected chi connectivity index (χ0v) is 13.5. The van der Waals surface area contributed by atoms with Gasteiger partial charge in [0, 0.05) is 37.2 Å². The molecule has 1 aromatic heterocycles. The van der Waals surface area contributed by atoms with Crippen molar-refractivity contribution in [2.45, 2.75) is 30.2 Å². The molecule has 22 heavy (non-hydrogen) atoms. The smallest absolute Gasteiger partial charge is 0.175 e. The van der Waals surface area contributed by atoms with Crippen LogP contribution < -0.4 is 0 Å². The number of sulfone groups is 1. The molecule has 1 unspecified atom stereocenters. The third-order valence-corrected chi connectivity index (χ3v) is 5.35. The second kappa shape index (κ2) is 6.22. The van der Waals surface area contributed by atoms with Crippen molar-refractivity contribution in [3.63, 3.8) is 0 Å². The van der Waals surface area contributed by atoms with Crippen molar-refractivity contribution >= 4 is 9.84 Å². The number of likely N-dealkylation sites (tertiary alicyclic amines) is 1. The minimum absolute atomic E-state index is 0.380. The monoisotopic (exact) mass is 319 g/mol. The van der Waals surface area contributed by atoms with Crippen molar-refractivity contribution in [2.24, 2.45) is 0 Å². The van der Waals surface area contributed by atoms with Gasteiger partial charge < -0.3 is 0 Å². The van der Waals surface area contributed by atoms with E-state index in [9.17, 15) is 8.42 Å². The Morgan fingerprint density at radius 2 is 2.05 bits per heavy atom. The van der Waals surface area contributed by atoms with Gasteiger partial charge in [-0.1, -0.05) is 12.1 Å². The first-order valence-corrected chi connectivity index (χ1v) is 9.42. The highest BCUT2D eigenvalue weighted by Crippen LogP contribution is 2.26. The topological polar surface area (TPSA) is 66.1 Å². The van der Waals surface area contributed by atoms with Crippen LogP contribution in [-0.4, -0.2) is 42.9 Å². The van der Waals surface area contributed by atoms with E-state index in [4.69, 9.17) is 0 Å². The second-order valence-corrected chi connectivity index (χ2v) is 8.02. The Kier molecular flexibility index (Phi) is 4.31. The lowest BCUT2D eigenvalue weighted by molar-refractivity contribution is 0.198. The van der Waals surface area contributed by atoms with Gasteiger partial charge in [-0.05, 0) is 43.1 Å². The van der Waals surface area contributed by atoms with Crippen molar-refractivity contribution in [3.05, 3.63) is 47.8 Å². The molecule has 1 aromatic carbocycles. The molecule has 0 saturated carbocycles. The number of aromatic nitrogens is 2. The van der Waals surface area contributed by atoms with E-state index >= 15 is 0 Å². The van der Waals surface area contributed by atoms with Gasteiger partial charge in [0.25, 0.3) is 0 Å². The van der Waals surface area contributed by atoms with Gasteiger partial charge in [-0.2, -0.15) is 5.10 Å². The van der Waals surface area contributed by atoms with E-state index in [1.165, 1.54) is 24.8 Å². The number of aromatic amines is 1. The molecule has 6 heteroatoms. The Morgan fingerprint density at radius 3 is 2.68 bits per heavy atom. The summed E-state index contributed by atoms with van der Waals surface area (Å²) >= 11 is 0. The van der Waals surface area contributed by atoms with Gasteiger partial charge >= 0.3 is 0 Å². The predicted molar refractivity (Wildman–Crippen MR) is 85.4 cm³/mol. The average Bonchev–Trinajstić information content (AvgIpc) is 3.01. The molecular formula is C16H21N3O2S. The molecule has 2 heterocycles. The largest absolute Gasteiger partial charge is 0.298 e. The van der Waals surface area contributed by atoms with Crippen molar-refractivity contribution in [1.29, 1.82) is 0 Å². The van der Waals surface area contributed by atoms with Crippen LogP contribution in [-0.2, 0) is 16.4 Å². The summed E-state index contributed by atoms with van der Waals surface area (Å²) < 4.78 is 23.0. The Hall–Kier alpha value is -1.66. The molecule has 3 rings (SSSR count). The lowest BCUT2D eigenvalue weighted by Gasteiger charge is -2.32. The van der Waals surface area contributed by atoms with Gasteiger partial charge in [0.1, 0.15) is 0 Å². The highest BCUT2D eigenvalue weighted by atomic mass is 32.2. The fraction of sp³-hybridized carbons (Fsp3) is 0.438. The fourth-order valence-corrected chi connectivity index (χ4v) is 3.68. The van der Waals surface area contributed by atoms with Gasteiger partial charge in [-0.25, -0.2) is 8.42 Å². The van der Waals surface area contributed by atoms with Crippen LogP contribution in [0.15, 0.2) is 41.4 Å². The quantitative estimate of drug-likeness (QED) is 0.938. The zero-order valence-electron chi connectivity index (χ0n) is 12.7. The highest BCUT2D eigenvalue weighted by molar-refractivity contribution is 7.90. The Balaban J connectivity index is 1.65. The Labute approximate surface area is 131 Å². The minimum Gasteiger partial charge on any atom is -0.298 e. The summed E-state index contributed by atoms with van der Waals surface area (Å²) in [5, 5.41) is 7.11. The fourth-order valence-electron chi connectivity index (χ4n) is 3.05. The van der Waals surface area contributed by atoms with Crippen LogP contribution >= 0.6 is 0 Å². The maximum absolute atomic E-state index is 11.5. The predicted octanol–water partition coefficient (Wildman–Crippen LogP) is 2.19. The molecule has 0 bridgehead atoms. The maximum atomic E-state index is 11.5. The van der Waals surface area contributed by atoms with E-state index in [1.807, 2.05) is 12.1 Å². The van der Waals surface area contributed by atoms with Crippen LogP contribution in [0.2, 0.25) is 0 Å². The van der Waals surface area contributed by atoms with Crippen LogP contribution in [0, 0.1) is 0 Å². The number of H-pyrrole nitrogens is 1. The maximum Gasteiger partial charge on any atom is 0.175 e. The van der Waals surface area contributed by atoms with Gasteiger partial charge in [0.2, 0.25) is 0 Å². The van der Waals surface area contributed by atoms with E-state index in [0.29, 0.717) is 10.8 Å². The molecule has 1 N–H and O–H groups in total. The summed E-state index contributed by atoms with van der Waals surface area (Å²) in [6, 6.07) is 9.27. The third-order valence-electron chi connectivity index (χ3n) is 4.23. The highest BCUT2D eigenvalue weighted by Gasteiger charge is 2.22. The lowest BCUT2D eigenvalue weighted by atomic mass is 9.94. The molecule has 1 saturated heterocycles. The molecule has 118 valence electrons. The first kappa shape index (κ1) is 15.2. The first-order chi connectivity index (χ1) is 10.5. The number of hydrogen-bond acceptors (Lipinski definition) is 4. The van der Waals surface area contributed by atoms with Gasteiger partial charge in [0.05, 0.1) is 4.90 Å². The van der Waals surface area contributed by atoms with E-state index < -0.39 is 9.84 Å². The zero-order chi connectivity index (χ0) is 15.6. The molecule has 1 aliphatic rings. The van der Waals surface area contributed by atoms with Crippen LogP contribution in [0.4, 0.5) is 0 Å². The van der Waals surface area contributed by atoms with E-state index in [-0.39, 0.29) is 0 Å². The first-order valence-electron chi connectivity index (χ1n) is 7.53. The van der Waals surface area contributed by atoms with E-state index in [2.05, 4.69) is 21.2 Å². The lowest BCUT2D eigenvalue weighted by Crippen LogP contribution is -2.34. The van der Waals surface area contributed by atoms with Crippen molar-refractivity contribution < 1.29 is 8.42 Å². The third kappa shape index (κ3) is 3.56. The molecule has 1 atom stereocenters. The van der Waals surface area contributed by atoms with Gasteiger partial charge in [0.15, 0.2) is 9.84 Å². The van der Waals surface area contributed by atoms with Crippen LogP contribution in [0.25, 0.3) is 0 Å². The summed E-state index contributed by atoms with van der Waals surface area (Å²) in [5.74, 6) is 0.506. The van der Waals surface area contributed by atoms with Crippen LogP contribution in [0.1, 0.15) is 30.0 Å². The molecule has 5 nitrogen and oxygen atoms in total. The standard InChI is InChI=1S/C16H21N3O2S/c1-22(20,21)15-6-4-13(5-7-15)11-19-10-2-3-14(12-19)16-8-9-17-18-16/h4-9,14H,2-3,10-12H2,1H3,(H,17,18). The van der Waals surface area contributed by atoms with Gasteiger partial charge in [-0.15, -0.1) is 0 Å². The number of rotatable bonds is 4. The van der Waals surface area contributed by atoms with Crippen molar-refractivity contribution in [3.8, 4) is 0 Å². The number of benzene rings is 1. The molecular weight excluding hydrogens is 298 g/mol. The summed E-state index contributed by atoms with van der Waals surface area (Å²) in [7, 11) is -3.12. The Bertz CT molecular complexity index is 708. The van der Waals surface area contributed by atoms with Crippen molar-refractivity contribution in [2.75, 3.05) is 19.3 Å². The molecule has 0 amide bonds. The SMILES string of the molecule is CS(=O)(=O)c1ccc(CN2CCCC(c3ccn[nH]3)C2)cc1. The molecule has 0 spiro atoms. The van der Waals surface area contributed by atoms with Crippen molar-refractivity contribution in [1.82, 2.24) is 15.1 Å². The Morgan fingerprint density at radius 1 is 1.27 bits per heavy atom. The summed E-state index contributed by atoms with van der Waals surface area (Å²) in [6.45, 7) is 2.95. The van der Waals surface area contributed by atoms with Crippen LogP contribution in [0.5, 0.6) is 0 Å². The normalized spacial score (nSPS) is 20.1. The summed E-state index contributed by atoms with van der Waals surface area (Å²) in [4.78, 5) is 2.80. The number of nitrogens with one attached hydrogen (secondary N) is 1. The average molecular weight is 319 g/mol. The second-order valence-electron chi connectivity index (χ2n) is 6.00. The molecule has 2 aromatic rings.